The third kappa shape index (κ3) is 7.00. The Labute approximate surface area is 176 Å². The molecule has 1 aliphatic carbocycles. The predicted molar refractivity (Wildman–Crippen MR) is 115 cm³/mol. The van der Waals surface area contributed by atoms with Crippen LogP contribution < -0.4 is 5.32 Å². The number of rotatable bonds is 9. The van der Waals surface area contributed by atoms with E-state index in [1.54, 1.807) is 0 Å². The number of unbranched alkanes of at least 4 members (excludes halogenated alkanes) is 1. The summed E-state index contributed by atoms with van der Waals surface area (Å²) in [6.45, 7) is 9.69. The first kappa shape index (κ1) is 23.7. The fourth-order valence-electron chi connectivity index (χ4n) is 4.59. The molecule has 6 heteroatoms. The van der Waals surface area contributed by atoms with Crippen molar-refractivity contribution >= 4 is 17.7 Å². The lowest BCUT2D eigenvalue weighted by Gasteiger charge is -2.41. The van der Waals surface area contributed by atoms with E-state index in [0.717, 1.165) is 25.2 Å². The smallest absolute Gasteiger partial charge is 0.245 e. The molecule has 0 bridgehead atoms. The van der Waals surface area contributed by atoms with Gasteiger partial charge in [0.05, 0.1) is 0 Å². The first-order valence-corrected chi connectivity index (χ1v) is 11.7. The van der Waals surface area contributed by atoms with Crippen molar-refractivity contribution in [2.75, 3.05) is 19.6 Å². The van der Waals surface area contributed by atoms with E-state index in [1.165, 1.54) is 25.7 Å². The monoisotopic (exact) mass is 407 g/mol. The Kier molecular flexibility index (Phi) is 9.44. The maximum absolute atomic E-state index is 13.1. The van der Waals surface area contributed by atoms with Gasteiger partial charge in [-0.2, -0.15) is 0 Å². The molecule has 0 spiro atoms. The number of hydrogen-bond donors (Lipinski definition) is 1. The van der Waals surface area contributed by atoms with Crippen molar-refractivity contribution in [2.24, 2.45) is 11.8 Å². The van der Waals surface area contributed by atoms with E-state index in [2.05, 4.69) is 5.32 Å². The topological polar surface area (TPSA) is 69.7 Å². The molecule has 0 radical (unpaired) electrons. The Hall–Kier alpha value is -1.59. The Bertz CT molecular complexity index is 558. The van der Waals surface area contributed by atoms with E-state index in [4.69, 9.17) is 0 Å². The summed E-state index contributed by atoms with van der Waals surface area (Å²) in [7, 11) is 0. The first-order chi connectivity index (χ1) is 13.8. The Balaban J connectivity index is 1.86. The summed E-state index contributed by atoms with van der Waals surface area (Å²) >= 11 is 0. The number of nitrogens with one attached hydrogen (secondary N) is 1. The summed E-state index contributed by atoms with van der Waals surface area (Å²) in [6.07, 6.45) is 9.05. The first-order valence-electron chi connectivity index (χ1n) is 11.7. The highest BCUT2D eigenvalue weighted by atomic mass is 16.2. The SMILES string of the molecule is CCCCC(=O)NC(C(=O)N1CCN(C(=O)CCC2CCCC2)C(C)C1)C(C)C. The van der Waals surface area contributed by atoms with Gasteiger partial charge in [0.1, 0.15) is 6.04 Å². The Morgan fingerprint density at radius 2 is 1.76 bits per heavy atom. The molecule has 1 saturated carbocycles. The molecule has 2 rings (SSSR count). The van der Waals surface area contributed by atoms with Gasteiger partial charge in [-0.3, -0.25) is 14.4 Å². The van der Waals surface area contributed by atoms with Gasteiger partial charge in [-0.05, 0) is 31.6 Å². The van der Waals surface area contributed by atoms with Crippen molar-refractivity contribution in [1.82, 2.24) is 15.1 Å². The molecule has 1 aliphatic heterocycles. The molecular formula is C23H41N3O3. The van der Waals surface area contributed by atoms with E-state index in [1.807, 2.05) is 37.5 Å². The van der Waals surface area contributed by atoms with Gasteiger partial charge in [0.2, 0.25) is 17.7 Å². The van der Waals surface area contributed by atoms with Crippen LogP contribution in [-0.4, -0.2) is 59.2 Å². The minimum atomic E-state index is -0.490. The van der Waals surface area contributed by atoms with Crippen LogP contribution in [0.15, 0.2) is 0 Å². The molecule has 166 valence electrons. The van der Waals surface area contributed by atoms with Gasteiger partial charge in [-0.25, -0.2) is 0 Å². The number of carbonyl (C=O) groups excluding carboxylic acids is 3. The summed E-state index contributed by atoms with van der Waals surface area (Å²) in [5, 5.41) is 2.94. The number of hydrogen-bond acceptors (Lipinski definition) is 3. The summed E-state index contributed by atoms with van der Waals surface area (Å²) < 4.78 is 0. The normalized spacial score (nSPS) is 21.5. The molecule has 1 heterocycles. The van der Waals surface area contributed by atoms with Crippen molar-refractivity contribution in [3.63, 3.8) is 0 Å². The van der Waals surface area contributed by atoms with Gasteiger partial charge in [0, 0.05) is 38.5 Å². The van der Waals surface area contributed by atoms with Crippen LogP contribution in [0, 0.1) is 11.8 Å². The predicted octanol–water partition coefficient (Wildman–Crippen LogP) is 3.35. The van der Waals surface area contributed by atoms with Gasteiger partial charge in [0.15, 0.2) is 0 Å². The van der Waals surface area contributed by atoms with Gasteiger partial charge in [-0.1, -0.05) is 52.9 Å². The van der Waals surface area contributed by atoms with Crippen LogP contribution >= 0.6 is 0 Å². The third-order valence-electron chi connectivity index (χ3n) is 6.51. The molecule has 2 unspecified atom stereocenters. The fraction of sp³-hybridized carbons (Fsp3) is 0.870. The van der Waals surface area contributed by atoms with Gasteiger partial charge in [0.25, 0.3) is 0 Å². The van der Waals surface area contributed by atoms with Gasteiger partial charge >= 0.3 is 0 Å². The van der Waals surface area contributed by atoms with Crippen LogP contribution in [0.3, 0.4) is 0 Å². The van der Waals surface area contributed by atoms with E-state index in [9.17, 15) is 14.4 Å². The minimum absolute atomic E-state index is 0.0187. The van der Waals surface area contributed by atoms with Crippen LogP contribution in [0.4, 0.5) is 0 Å². The third-order valence-corrected chi connectivity index (χ3v) is 6.51. The quantitative estimate of drug-likeness (QED) is 0.637. The number of amides is 3. The van der Waals surface area contributed by atoms with Crippen molar-refractivity contribution in [2.45, 2.75) is 97.6 Å². The molecule has 3 amide bonds. The van der Waals surface area contributed by atoms with Gasteiger partial charge < -0.3 is 15.1 Å². The molecule has 0 aromatic rings. The average molecular weight is 408 g/mol. The molecule has 29 heavy (non-hydrogen) atoms. The lowest BCUT2D eigenvalue weighted by molar-refractivity contribution is -0.145. The number of carbonyl (C=O) groups is 3. The molecule has 1 N–H and O–H groups in total. The molecule has 0 aromatic carbocycles. The molecule has 6 nitrogen and oxygen atoms in total. The molecule has 2 fully saturated rings. The standard InChI is InChI=1S/C23H41N3O3/c1-5-6-11-20(27)24-22(17(2)3)23(29)25-14-15-26(18(4)16-25)21(28)13-12-19-9-7-8-10-19/h17-19,22H,5-16H2,1-4H3,(H,24,27). The second kappa shape index (κ2) is 11.6. The van der Waals surface area contributed by atoms with Crippen molar-refractivity contribution in [3.8, 4) is 0 Å². The molecular weight excluding hydrogens is 366 g/mol. The maximum Gasteiger partial charge on any atom is 0.245 e. The second-order valence-corrected chi connectivity index (χ2v) is 9.30. The Morgan fingerprint density at radius 3 is 2.34 bits per heavy atom. The zero-order chi connectivity index (χ0) is 21.4. The van der Waals surface area contributed by atoms with E-state index < -0.39 is 6.04 Å². The molecule has 2 aliphatic rings. The summed E-state index contributed by atoms with van der Waals surface area (Å²) in [5.41, 5.74) is 0. The summed E-state index contributed by atoms with van der Waals surface area (Å²) in [6, 6.07) is -0.469. The van der Waals surface area contributed by atoms with Crippen molar-refractivity contribution in [1.29, 1.82) is 0 Å². The molecule has 0 aromatic heterocycles. The van der Waals surface area contributed by atoms with Crippen LogP contribution in [0.5, 0.6) is 0 Å². The molecule has 1 saturated heterocycles. The van der Waals surface area contributed by atoms with Crippen LogP contribution in [0.25, 0.3) is 0 Å². The summed E-state index contributed by atoms with van der Waals surface area (Å²) in [5.74, 6) is 0.918. The molecule has 2 atom stereocenters. The highest BCUT2D eigenvalue weighted by Crippen LogP contribution is 2.29. The van der Waals surface area contributed by atoms with E-state index >= 15 is 0 Å². The van der Waals surface area contributed by atoms with Crippen LogP contribution in [0.2, 0.25) is 0 Å². The van der Waals surface area contributed by atoms with Gasteiger partial charge in [-0.15, -0.1) is 0 Å². The second-order valence-electron chi connectivity index (χ2n) is 9.30. The highest BCUT2D eigenvalue weighted by Gasteiger charge is 2.34. The van der Waals surface area contributed by atoms with E-state index in [-0.39, 0.29) is 29.7 Å². The lowest BCUT2D eigenvalue weighted by atomic mass is 10.00. The van der Waals surface area contributed by atoms with Crippen LogP contribution in [0.1, 0.15) is 85.5 Å². The van der Waals surface area contributed by atoms with Crippen molar-refractivity contribution < 1.29 is 14.4 Å². The Morgan fingerprint density at radius 1 is 1.07 bits per heavy atom. The zero-order valence-corrected chi connectivity index (χ0v) is 18.9. The minimum Gasteiger partial charge on any atom is -0.344 e. The highest BCUT2D eigenvalue weighted by molar-refractivity contribution is 5.88. The lowest BCUT2D eigenvalue weighted by Crippen LogP contribution is -2.59. The average Bonchev–Trinajstić information content (AvgIpc) is 3.21. The zero-order valence-electron chi connectivity index (χ0n) is 18.9. The fourth-order valence-corrected chi connectivity index (χ4v) is 4.59. The van der Waals surface area contributed by atoms with E-state index in [0.29, 0.717) is 32.5 Å². The van der Waals surface area contributed by atoms with Crippen molar-refractivity contribution in [3.05, 3.63) is 0 Å². The largest absolute Gasteiger partial charge is 0.344 e. The number of piperazine rings is 1. The summed E-state index contributed by atoms with van der Waals surface area (Å²) in [4.78, 5) is 41.7. The number of nitrogens with zero attached hydrogens (tertiary/aromatic N) is 2. The maximum atomic E-state index is 13.1. The van der Waals surface area contributed by atoms with Crippen LogP contribution in [-0.2, 0) is 14.4 Å².